The van der Waals surface area contributed by atoms with Gasteiger partial charge in [-0.25, -0.2) is 4.79 Å². The molecular formula is C13H15ClO4. The summed E-state index contributed by atoms with van der Waals surface area (Å²) in [6.45, 7) is 1.24. The molecule has 0 spiro atoms. The van der Waals surface area contributed by atoms with Crippen LogP contribution < -0.4 is 4.74 Å². The minimum atomic E-state index is -1.08. The lowest BCUT2D eigenvalue weighted by atomic mass is 10.2. The van der Waals surface area contributed by atoms with E-state index in [1.165, 1.54) is 6.07 Å². The molecule has 1 unspecified atom stereocenters. The molecule has 1 aromatic rings. The average Bonchev–Trinajstić information content (AvgIpc) is 2.81. The third kappa shape index (κ3) is 3.15. The van der Waals surface area contributed by atoms with Crippen LogP contribution in [0.25, 0.3) is 0 Å². The molecule has 1 atom stereocenters. The summed E-state index contributed by atoms with van der Waals surface area (Å²) < 4.78 is 11.0. The topological polar surface area (TPSA) is 55.8 Å². The molecule has 1 heterocycles. The van der Waals surface area contributed by atoms with Crippen molar-refractivity contribution in [2.75, 3.05) is 13.2 Å². The Hall–Kier alpha value is -1.26. The molecule has 0 bridgehead atoms. The fraction of sp³-hybridized carbons (Fsp3) is 0.462. The number of hydrogen-bond donors (Lipinski definition) is 1. The van der Waals surface area contributed by atoms with Crippen molar-refractivity contribution in [2.45, 2.75) is 25.4 Å². The summed E-state index contributed by atoms with van der Waals surface area (Å²) in [6, 6.07) is 4.83. The Kier molecular flexibility index (Phi) is 4.44. The third-order valence-electron chi connectivity index (χ3n) is 2.91. The Balaban J connectivity index is 1.96. The lowest BCUT2D eigenvalue weighted by molar-refractivity contribution is 0.0689. The molecule has 0 aromatic heterocycles. The highest BCUT2D eigenvalue weighted by molar-refractivity contribution is 6.33. The van der Waals surface area contributed by atoms with Crippen molar-refractivity contribution in [3.05, 3.63) is 28.8 Å². The van der Waals surface area contributed by atoms with Gasteiger partial charge in [0, 0.05) is 13.0 Å². The lowest BCUT2D eigenvalue weighted by Gasteiger charge is -2.12. The molecule has 0 saturated carbocycles. The summed E-state index contributed by atoms with van der Waals surface area (Å²) in [6.07, 6.45) is 3.14. The van der Waals surface area contributed by atoms with Crippen LogP contribution in [0.5, 0.6) is 5.75 Å². The first-order valence-electron chi connectivity index (χ1n) is 5.94. The molecule has 2 rings (SSSR count). The van der Waals surface area contributed by atoms with Crippen LogP contribution in [0.2, 0.25) is 5.02 Å². The average molecular weight is 271 g/mol. The van der Waals surface area contributed by atoms with E-state index < -0.39 is 5.97 Å². The van der Waals surface area contributed by atoms with Crippen molar-refractivity contribution >= 4 is 17.6 Å². The van der Waals surface area contributed by atoms with Crippen molar-refractivity contribution in [3.63, 3.8) is 0 Å². The van der Waals surface area contributed by atoms with E-state index in [4.69, 9.17) is 26.2 Å². The van der Waals surface area contributed by atoms with Gasteiger partial charge in [-0.1, -0.05) is 17.7 Å². The molecule has 98 valence electrons. The molecule has 18 heavy (non-hydrogen) atoms. The van der Waals surface area contributed by atoms with Gasteiger partial charge in [-0.3, -0.25) is 0 Å². The summed E-state index contributed by atoms with van der Waals surface area (Å²) in [5.74, 6) is -0.763. The molecule has 1 saturated heterocycles. The van der Waals surface area contributed by atoms with Crippen molar-refractivity contribution in [3.8, 4) is 5.75 Å². The Bertz CT molecular complexity index is 427. The summed E-state index contributed by atoms with van der Waals surface area (Å²) in [5.41, 5.74) is 0.0199. The Morgan fingerprint density at radius 3 is 3.06 bits per heavy atom. The zero-order chi connectivity index (χ0) is 13.0. The molecule has 1 N–H and O–H groups in total. The normalized spacial score (nSPS) is 18.8. The summed E-state index contributed by atoms with van der Waals surface area (Å²) in [4.78, 5) is 11.1. The zero-order valence-corrected chi connectivity index (χ0v) is 10.7. The van der Waals surface area contributed by atoms with Crippen LogP contribution in [-0.2, 0) is 4.74 Å². The van der Waals surface area contributed by atoms with Crippen LogP contribution in [0.15, 0.2) is 18.2 Å². The van der Waals surface area contributed by atoms with E-state index in [-0.39, 0.29) is 16.7 Å². The molecule has 4 nitrogen and oxygen atoms in total. The zero-order valence-electron chi connectivity index (χ0n) is 9.89. The third-order valence-corrected chi connectivity index (χ3v) is 3.23. The molecule has 0 radical (unpaired) electrons. The summed E-state index contributed by atoms with van der Waals surface area (Å²) >= 11 is 5.84. The Morgan fingerprint density at radius 2 is 2.39 bits per heavy atom. The van der Waals surface area contributed by atoms with Gasteiger partial charge < -0.3 is 14.6 Å². The Morgan fingerprint density at radius 1 is 1.56 bits per heavy atom. The standard InChI is InChI=1S/C13H15ClO4/c14-10-4-1-5-11(12(10)13(15)16)18-8-6-9-3-2-7-17-9/h1,4-5,9H,2-3,6-8H2,(H,15,16). The van der Waals surface area contributed by atoms with Crippen LogP contribution >= 0.6 is 11.6 Å². The highest BCUT2D eigenvalue weighted by Crippen LogP contribution is 2.27. The minimum absolute atomic E-state index is 0.0199. The van der Waals surface area contributed by atoms with Crippen LogP contribution in [-0.4, -0.2) is 30.4 Å². The predicted molar refractivity (Wildman–Crippen MR) is 67.5 cm³/mol. The van der Waals surface area contributed by atoms with Crippen molar-refractivity contribution in [2.24, 2.45) is 0 Å². The highest BCUT2D eigenvalue weighted by atomic mass is 35.5. The van der Waals surface area contributed by atoms with Crippen molar-refractivity contribution in [1.29, 1.82) is 0 Å². The first-order chi connectivity index (χ1) is 8.68. The second kappa shape index (κ2) is 6.07. The first kappa shape index (κ1) is 13.2. The van der Waals surface area contributed by atoms with E-state index in [1.807, 2.05) is 0 Å². The van der Waals surface area contributed by atoms with Gasteiger partial charge in [0.2, 0.25) is 0 Å². The smallest absolute Gasteiger partial charge is 0.341 e. The maximum absolute atomic E-state index is 11.1. The minimum Gasteiger partial charge on any atom is -0.493 e. The molecule has 0 amide bonds. The summed E-state index contributed by atoms with van der Waals surface area (Å²) in [5, 5.41) is 9.26. The van der Waals surface area contributed by atoms with Gasteiger partial charge in [0.15, 0.2) is 0 Å². The molecule has 1 aromatic carbocycles. The van der Waals surface area contributed by atoms with Gasteiger partial charge >= 0.3 is 5.97 Å². The van der Waals surface area contributed by atoms with Crippen molar-refractivity contribution < 1.29 is 19.4 Å². The van der Waals surface area contributed by atoms with Gasteiger partial charge in [0.1, 0.15) is 11.3 Å². The van der Waals surface area contributed by atoms with Crippen LogP contribution in [0, 0.1) is 0 Å². The van der Waals surface area contributed by atoms with Gasteiger partial charge in [-0.05, 0) is 25.0 Å². The second-order valence-corrected chi connectivity index (χ2v) is 4.60. The first-order valence-corrected chi connectivity index (χ1v) is 6.32. The number of rotatable bonds is 5. The van der Waals surface area contributed by atoms with Crippen LogP contribution in [0.3, 0.4) is 0 Å². The van der Waals surface area contributed by atoms with Crippen molar-refractivity contribution in [1.82, 2.24) is 0 Å². The maximum atomic E-state index is 11.1. The fourth-order valence-electron chi connectivity index (χ4n) is 2.00. The molecule has 5 heteroatoms. The van der Waals surface area contributed by atoms with E-state index in [1.54, 1.807) is 12.1 Å². The number of aromatic carboxylic acids is 1. The number of carboxylic acid groups (broad SMARTS) is 1. The van der Waals surface area contributed by atoms with E-state index in [9.17, 15) is 4.79 Å². The highest BCUT2D eigenvalue weighted by Gasteiger charge is 2.18. The summed E-state index contributed by atoms with van der Waals surface area (Å²) in [7, 11) is 0. The number of carboxylic acids is 1. The number of benzene rings is 1. The number of halogens is 1. The number of ether oxygens (including phenoxy) is 2. The molecular weight excluding hydrogens is 256 g/mol. The van der Waals surface area contributed by atoms with E-state index in [2.05, 4.69) is 0 Å². The fourth-order valence-corrected chi connectivity index (χ4v) is 2.25. The monoisotopic (exact) mass is 270 g/mol. The molecule has 1 fully saturated rings. The second-order valence-electron chi connectivity index (χ2n) is 4.19. The molecule has 1 aliphatic heterocycles. The SMILES string of the molecule is O=C(O)c1c(Cl)cccc1OCCC1CCCO1. The van der Waals surface area contributed by atoms with Crippen LogP contribution in [0.4, 0.5) is 0 Å². The Labute approximate surface area is 110 Å². The number of carbonyl (C=O) groups is 1. The molecule has 0 aliphatic carbocycles. The predicted octanol–water partition coefficient (Wildman–Crippen LogP) is 2.99. The van der Waals surface area contributed by atoms with Gasteiger partial charge in [-0.2, -0.15) is 0 Å². The maximum Gasteiger partial charge on any atom is 0.341 e. The largest absolute Gasteiger partial charge is 0.493 e. The quantitative estimate of drug-likeness (QED) is 0.894. The van der Waals surface area contributed by atoms with E-state index >= 15 is 0 Å². The van der Waals surface area contributed by atoms with Crippen LogP contribution in [0.1, 0.15) is 29.6 Å². The van der Waals surface area contributed by atoms with E-state index in [0.717, 1.165) is 25.9 Å². The lowest BCUT2D eigenvalue weighted by Crippen LogP contribution is -2.12. The van der Waals surface area contributed by atoms with Gasteiger partial charge in [0.25, 0.3) is 0 Å². The number of hydrogen-bond acceptors (Lipinski definition) is 3. The van der Waals surface area contributed by atoms with Gasteiger partial charge in [-0.15, -0.1) is 0 Å². The van der Waals surface area contributed by atoms with E-state index in [0.29, 0.717) is 12.4 Å². The molecule has 1 aliphatic rings. The van der Waals surface area contributed by atoms with Gasteiger partial charge in [0.05, 0.1) is 17.7 Å².